The molecule has 0 saturated carbocycles. The maximum atomic E-state index is 14.7. The van der Waals surface area contributed by atoms with Crippen LogP contribution < -0.4 is 9.62 Å². The summed E-state index contributed by atoms with van der Waals surface area (Å²) < 4.78 is 56.2. The van der Waals surface area contributed by atoms with Crippen molar-refractivity contribution in [2.75, 3.05) is 30.8 Å². The van der Waals surface area contributed by atoms with Crippen molar-refractivity contribution < 1.29 is 17.2 Å². The van der Waals surface area contributed by atoms with Gasteiger partial charge in [-0.25, -0.2) is 41.9 Å². The van der Waals surface area contributed by atoms with Crippen molar-refractivity contribution in [2.24, 2.45) is 11.8 Å². The van der Waals surface area contributed by atoms with Crippen LogP contribution in [0.1, 0.15) is 6.92 Å². The number of imidazole rings is 1. The monoisotopic (exact) mass is 471 g/mol. The van der Waals surface area contributed by atoms with Gasteiger partial charge in [0, 0.05) is 37.9 Å². The van der Waals surface area contributed by atoms with Gasteiger partial charge in [0.2, 0.25) is 10.0 Å². The van der Waals surface area contributed by atoms with E-state index in [2.05, 4.69) is 24.7 Å². The van der Waals surface area contributed by atoms with Gasteiger partial charge in [0.05, 0.1) is 24.6 Å². The number of fused-ring (bicyclic) bond motifs is 1. The lowest BCUT2D eigenvalue weighted by Gasteiger charge is -2.43. The molecule has 1 saturated heterocycles. The fourth-order valence-corrected chi connectivity index (χ4v) is 4.29. The van der Waals surface area contributed by atoms with Crippen molar-refractivity contribution in [3.8, 4) is 11.5 Å². The number of halogens is 3. The highest BCUT2D eigenvalue weighted by atomic mass is 35.5. The fraction of sp³-hybridized carbons (Fsp3) is 0.444. The number of hydrogen-bond acceptors (Lipinski definition) is 7. The molecule has 1 aliphatic rings. The summed E-state index contributed by atoms with van der Waals surface area (Å²) in [6.45, 7) is 1.10. The van der Waals surface area contributed by atoms with Crippen molar-refractivity contribution in [2.45, 2.75) is 12.8 Å². The molecule has 1 fully saturated rings. The predicted molar refractivity (Wildman–Crippen MR) is 112 cm³/mol. The van der Waals surface area contributed by atoms with E-state index >= 15 is 0 Å². The quantitative estimate of drug-likeness (QED) is 0.607. The van der Waals surface area contributed by atoms with Crippen molar-refractivity contribution in [3.05, 3.63) is 36.0 Å². The second-order valence-electron chi connectivity index (χ2n) is 7.62. The summed E-state index contributed by atoms with van der Waals surface area (Å²) >= 11 is 5.98. The van der Waals surface area contributed by atoms with Gasteiger partial charge in [-0.1, -0.05) is 18.5 Å². The summed E-state index contributed by atoms with van der Waals surface area (Å²) in [4.78, 5) is 18.8. The minimum Gasteiger partial charge on any atom is -0.355 e. The highest BCUT2D eigenvalue weighted by Gasteiger charge is 2.49. The molecule has 4 heterocycles. The Labute approximate surface area is 182 Å². The van der Waals surface area contributed by atoms with E-state index in [1.807, 2.05) is 0 Å². The number of nitrogens with zero attached hydrogens (tertiary/aromatic N) is 6. The maximum absolute atomic E-state index is 14.7. The van der Waals surface area contributed by atoms with Gasteiger partial charge in [0.25, 0.3) is 5.92 Å². The number of nitrogens with one attached hydrogen (secondary N) is 1. The van der Waals surface area contributed by atoms with E-state index in [1.165, 1.54) is 13.1 Å². The zero-order chi connectivity index (χ0) is 22.4. The minimum absolute atomic E-state index is 0.0563. The molecular weight excluding hydrogens is 452 g/mol. The van der Waals surface area contributed by atoms with E-state index in [4.69, 9.17) is 11.6 Å². The van der Waals surface area contributed by atoms with Crippen molar-refractivity contribution in [3.63, 3.8) is 0 Å². The third-order valence-electron chi connectivity index (χ3n) is 5.29. The van der Waals surface area contributed by atoms with Crippen LogP contribution in [0.15, 0.2) is 30.9 Å². The van der Waals surface area contributed by atoms with E-state index in [-0.39, 0.29) is 24.8 Å². The Balaban J connectivity index is 1.64. The van der Waals surface area contributed by atoms with Crippen molar-refractivity contribution >= 4 is 33.1 Å². The number of piperidine rings is 1. The van der Waals surface area contributed by atoms with E-state index in [0.29, 0.717) is 23.0 Å². The largest absolute Gasteiger partial charge is 0.355 e. The van der Waals surface area contributed by atoms with E-state index in [0.717, 1.165) is 6.26 Å². The topological polar surface area (TPSA) is 105 Å². The molecule has 3 aromatic heterocycles. The molecule has 0 bridgehead atoms. The van der Waals surface area contributed by atoms with Crippen LogP contribution in [0.3, 0.4) is 0 Å². The van der Waals surface area contributed by atoms with Gasteiger partial charge in [0.1, 0.15) is 16.7 Å². The Kier molecular flexibility index (Phi) is 5.56. The lowest BCUT2D eigenvalue weighted by molar-refractivity contribution is -0.108. The van der Waals surface area contributed by atoms with Gasteiger partial charge in [-0.15, -0.1) is 0 Å². The molecule has 13 heteroatoms. The first kappa shape index (κ1) is 21.8. The molecule has 4 rings (SSSR count). The molecule has 166 valence electrons. The van der Waals surface area contributed by atoms with Gasteiger partial charge in [-0.3, -0.25) is 4.40 Å². The highest BCUT2D eigenvalue weighted by Crippen LogP contribution is 2.39. The third kappa shape index (κ3) is 4.46. The molecule has 0 amide bonds. The van der Waals surface area contributed by atoms with Crippen LogP contribution in [0.2, 0.25) is 5.15 Å². The van der Waals surface area contributed by atoms with Gasteiger partial charge in [0.15, 0.2) is 11.5 Å². The molecule has 9 nitrogen and oxygen atoms in total. The number of anilines is 1. The Bertz CT molecular complexity index is 1220. The summed E-state index contributed by atoms with van der Waals surface area (Å²) in [6.07, 6.45) is 7.18. The third-order valence-corrected chi connectivity index (χ3v) is 6.17. The van der Waals surface area contributed by atoms with Crippen LogP contribution in [-0.2, 0) is 10.0 Å². The van der Waals surface area contributed by atoms with Crippen LogP contribution in [-0.4, -0.2) is 64.6 Å². The van der Waals surface area contributed by atoms with Crippen LogP contribution >= 0.6 is 11.6 Å². The van der Waals surface area contributed by atoms with Gasteiger partial charge in [-0.2, -0.15) is 0 Å². The van der Waals surface area contributed by atoms with Crippen LogP contribution in [0.4, 0.5) is 14.6 Å². The smallest absolute Gasteiger partial charge is 0.258 e. The molecule has 0 aliphatic carbocycles. The zero-order valence-electron chi connectivity index (χ0n) is 16.7. The van der Waals surface area contributed by atoms with Crippen LogP contribution in [0, 0.1) is 11.8 Å². The van der Waals surface area contributed by atoms with Crippen LogP contribution in [0.5, 0.6) is 0 Å². The minimum atomic E-state index is -3.59. The van der Waals surface area contributed by atoms with Crippen molar-refractivity contribution in [1.82, 2.24) is 29.1 Å². The molecule has 3 aromatic rings. The number of aromatic nitrogens is 5. The summed E-state index contributed by atoms with van der Waals surface area (Å²) in [5.74, 6) is -4.40. The molecular formula is C18H20ClF2N7O2S. The average Bonchev–Trinajstić information content (AvgIpc) is 3.11. The Morgan fingerprint density at radius 3 is 2.77 bits per heavy atom. The number of rotatable bonds is 5. The Morgan fingerprint density at radius 2 is 2.03 bits per heavy atom. The molecule has 1 aliphatic heterocycles. The van der Waals surface area contributed by atoms with Gasteiger partial charge < -0.3 is 4.90 Å². The SMILES string of the molecule is CC1CN(c2ccnc(-c3cnc4cnc(Cl)cn34)n2)CC(CNS(C)(=O)=O)C1(F)F. The molecule has 0 radical (unpaired) electrons. The van der Waals surface area contributed by atoms with E-state index < -0.39 is 27.8 Å². The first-order valence-corrected chi connectivity index (χ1v) is 11.7. The van der Waals surface area contributed by atoms with Crippen LogP contribution in [0.25, 0.3) is 17.2 Å². The molecule has 2 atom stereocenters. The number of sulfonamides is 1. The average molecular weight is 472 g/mol. The van der Waals surface area contributed by atoms with Gasteiger partial charge >= 0.3 is 0 Å². The molecule has 0 aromatic carbocycles. The standard InChI is InChI=1S/C18H20ClF2N7O2S/c1-11-8-27(9-12(18(11,20)21)5-25-31(2,29)30)15-3-4-22-17(26-15)13-6-24-16-7-23-14(19)10-28(13)16/h3-4,6-7,10-12,25H,5,8-9H2,1-2H3. The molecule has 2 unspecified atom stereocenters. The summed E-state index contributed by atoms with van der Waals surface area (Å²) in [5, 5.41) is 0.274. The second-order valence-corrected chi connectivity index (χ2v) is 9.84. The van der Waals surface area contributed by atoms with Crippen molar-refractivity contribution in [1.29, 1.82) is 0 Å². The predicted octanol–water partition coefficient (Wildman–Crippen LogP) is 2.10. The first-order chi connectivity index (χ1) is 14.5. The van der Waals surface area contributed by atoms with Gasteiger partial charge in [-0.05, 0) is 6.07 Å². The number of alkyl halides is 2. The normalized spacial score (nSPS) is 21.5. The summed E-state index contributed by atoms with van der Waals surface area (Å²) in [5.41, 5.74) is 1.14. The second kappa shape index (κ2) is 7.92. The lowest BCUT2D eigenvalue weighted by atomic mass is 9.86. The Hall–Kier alpha value is -2.44. The molecule has 1 N–H and O–H groups in total. The first-order valence-electron chi connectivity index (χ1n) is 9.44. The lowest BCUT2D eigenvalue weighted by Crippen LogP contribution is -2.56. The zero-order valence-corrected chi connectivity index (χ0v) is 18.3. The van der Waals surface area contributed by atoms with E-state index in [9.17, 15) is 17.2 Å². The van der Waals surface area contributed by atoms with E-state index in [1.54, 1.807) is 34.0 Å². The Morgan fingerprint density at radius 1 is 1.26 bits per heavy atom. The highest BCUT2D eigenvalue weighted by molar-refractivity contribution is 7.88. The number of hydrogen-bond donors (Lipinski definition) is 1. The summed E-state index contributed by atoms with van der Waals surface area (Å²) in [7, 11) is -3.59. The molecule has 0 spiro atoms. The molecule has 31 heavy (non-hydrogen) atoms. The summed E-state index contributed by atoms with van der Waals surface area (Å²) in [6, 6.07) is 1.64. The maximum Gasteiger partial charge on any atom is 0.258 e. The fourth-order valence-electron chi connectivity index (χ4n) is 3.64.